The van der Waals surface area contributed by atoms with Crippen LogP contribution >= 0.6 is 0 Å². The quantitative estimate of drug-likeness (QED) is 0.910. The van der Waals surface area contributed by atoms with Crippen LogP contribution in [0.5, 0.6) is 11.5 Å². The Morgan fingerprint density at radius 1 is 1.00 bits per heavy atom. The Kier molecular flexibility index (Phi) is 4.64. The molecule has 0 unspecified atom stereocenters. The first-order valence-corrected chi connectivity index (χ1v) is 8.05. The molecule has 0 fully saturated rings. The van der Waals surface area contributed by atoms with E-state index < -0.39 is 0 Å². The fourth-order valence-electron chi connectivity index (χ4n) is 3.02. The Hall–Kier alpha value is -2.00. The summed E-state index contributed by atoms with van der Waals surface area (Å²) in [5.74, 6) is 1.75. The lowest BCUT2D eigenvalue weighted by Crippen LogP contribution is -2.24. The van der Waals surface area contributed by atoms with Gasteiger partial charge >= 0.3 is 0 Å². The molecule has 116 valence electrons. The first kappa shape index (κ1) is 14.9. The minimum atomic E-state index is 0.649. The van der Waals surface area contributed by atoms with E-state index in [1.807, 2.05) is 26.0 Å². The maximum absolute atomic E-state index is 5.87. The number of hydrogen-bond acceptors (Lipinski definition) is 3. The summed E-state index contributed by atoms with van der Waals surface area (Å²) < 4.78 is 11.5. The Labute approximate surface area is 132 Å². The molecule has 0 radical (unpaired) electrons. The summed E-state index contributed by atoms with van der Waals surface area (Å²) in [6, 6.07) is 12.7. The van der Waals surface area contributed by atoms with Gasteiger partial charge in [-0.1, -0.05) is 18.2 Å². The topological polar surface area (TPSA) is 30.5 Å². The Balaban J connectivity index is 2.07. The standard InChI is InChI=1S/C19H23NO2/c1-3-21-15-8-9-17(19(12-15)22-4-2)16-7-5-6-14-10-11-20-13-18(14)16/h5-9,12,20H,3-4,10-11,13H2,1-2H3. The zero-order valence-corrected chi connectivity index (χ0v) is 13.3. The van der Waals surface area contributed by atoms with Gasteiger partial charge in [0.15, 0.2) is 0 Å². The van der Waals surface area contributed by atoms with Crippen molar-refractivity contribution in [3.63, 3.8) is 0 Å². The highest BCUT2D eigenvalue weighted by molar-refractivity contribution is 5.75. The van der Waals surface area contributed by atoms with Crippen LogP contribution < -0.4 is 14.8 Å². The molecule has 3 heteroatoms. The number of hydrogen-bond donors (Lipinski definition) is 1. The zero-order valence-electron chi connectivity index (χ0n) is 13.3. The Morgan fingerprint density at radius 2 is 1.86 bits per heavy atom. The molecule has 0 atom stereocenters. The molecule has 1 aliphatic heterocycles. The van der Waals surface area contributed by atoms with Gasteiger partial charge in [0.25, 0.3) is 0 Å². The van der Waals surface area contributed by atoms with E-state index in [0.29, 0.717) is 13.2 Å². The second kappa shape index (κ2) is 6.84. The highest BCUT2D eigenvalue weighted by atomic mass is 16.5. The summed E-state index contributed by atoms with van der Waals surface area (Å²) >= 11 is 0. The second-order valence-corrected chi connectivity index (χ2v) is 5.39. The molecule has 1 heterocycles. The molecule has 0 amide bonds. The van der Waals surface area contributed by atoms with Crippen LogP contribution in [0.25, 0.3) is 11.1 Å². The van der Waals surface area contributed by atoms with Crippen molar-refractivity contribution in [2.24, 2.45) is 0 Å². The van der Waals surface area contributed by atoms with E-state index in [2.05, 4.69) is 29.6 Å². The van der Waals surface area contributed by atoms with E-state index in [-0.39, 0.29) is 0 Å². The van der Waals surface area contributed by atoms with Crippen LogP contribution in [0.3, 0.4) is 0 Å². The molecule has 22 heavy (non-hydrogen) atoms. The Bertz CT molecular complexity index is 652. The Morgan fingerprint density at radius 3 is 2.68 bits per heavy atom. The van der Waals surface area contributed by atoms with E-state index in [1.165, 1.54) is 16.7 Å². The molecule has 2 aromatic rings. The third kappa shape index (κ3) is 2.95. The summed E-state index contributed by atoms with van der Waals surface area (Å²) in [5, 5.41) is 3.47. The van der Waals surface area contributed by atoms with Crippen molar-refractivity contribution >= 4 is 0 Å². The van der Waals surface area contributed by atoms with Gasteiger partial charge in [-0.15, -0.1) is 0 Å². The summed E-state index contributed by atoms with van der Waals surface area (Å²) in [6.45, 7) is 7.29. The fourth-order valence-corrected chi connectivity index (χ4v) is 3.02. The van der Waals surface area contributed by atoms with E-state index in [4.69, 9.17) is 9.47 Å². The van der Waals surface area contributed by atoms with Crippen LogP contribution in [-0.4, -0.2) is 19.8 Å². The van der Waals surface area contributed by atoms with Crippen LogP contribution in [0.1, 0.15) is 25.0 Å². The lowest BCUT2D eigenvalue weighted by Gasteiger charge is -2.22. The van der Waals surface area contributed by atoms with Gasteiger partial charge in [-0.05, 0) is 55.6 Å². The number of benzene rings is 2. The highest BCUT2D eigenvalue weighted by Gasteiger charge is 2.16. The van der Waals surface area contributed by atoms with Gasteiger partial charge in [-0.25, -0.2) is 0 Å². The van der Waals surface area contributed by atoms with Crippen molar-refractivity contribution in [3.8, 4) is 22.6 Å². The van der Waals surface area contributed by atoms with Crippen molar-refractivity contribution in [1.82, 2.24) is 5.32 Å². The van der Waals surface area contributed by atoms with Gasteiger partial charge in [0.05, 0.1) is 13.2 Å². The number of fused-ring (bicyclic) bond motifs is 1. The largest absolute Gasteiger partial charge is 0.494 e. The van der Waals surface area contributed by atoms with Gasteiger partial charge in [0.2, 0.25) is 0 Å². The first-order valence-electron chi connectivity index (χ1n) is 8.05. The predicted octanol–water partition coefficient (Wildman–Crippen LogP) is 3.80. The summed E-state index contributed by atoms with van der Waals surface area (Å²) in [7, 11) is 0. The monoisotopic (exact) mass is 297 g/mol. The van der Waals surface area contributed by atoms with Crippen molar-refractivity contribution in [3.05, 3.63) is 47.5 Å². The van der Waals surface area contributed by atoms with E-state index in [0.717, 1.165) is 36.6 Å². The van der Waals surface area contributed by atoms with Crippen LogP contribution in [-0.2, 0) is 13.0 Å². The smallest absolute Gasteiger partial charge is 0.130 e. The zero-order chi connectivity index (χ0) is 15.4. The molecule has 1 N–H and O–H groups in total. The predicted molar refractivity (Wildman–Crippen MR) is 89.6 cm³/mol. The van der Waals surface area contributed by atoms with Crippen LogP contribution in [0.15, 0.2) is 36.4 Å². The van der Waals surface area contributed by atoms with E-state index in [1.54, 1.807) is 0 Å². The average molecular weight is 297 g/mol. The minimum Gasteiger partial charge on any atom is -0.494 e. The SMILES string of the molecule is CCOc1ccc(-c2cccc3c2CNCC3)c(OCC)c1. The van der Waals surface area contributed by atoms with Crippen molar-refractivity contribution < 1.29 is 9.47 Å². The maximum Gasteiger partial charge on any atom is 0.130 e. The molecule has 0 aliphatic carbocycles. The third-order valence-corrected chi connectivity index (χ3v) is 4.00. The molecule has 0 bridgehead atoms. The van der Waals surface area contributed by atoms with Crippen LogP contribution in [0.4, 0.5) is 0 Å². The summed E-state index contributed by atoms with van der Waals surface area (Å²) in [4.78, 5) is 0. The van der Waals surface area contributed by atoms with Gasteiger partial charge in [0.1, 0.15) is 11.5 Å². The van der Waals surface area contributed by atoms with Crippen LogP contribution in [0, 0.1) is 0 Å². The number of nitrogens with one attached hydrogen (secondary N) is 1. The van der Waals surface area contributed by atoms with Gasteiger partial charge in [-0.3, -0.25) is 0 Å². The molecule has 0 saturated carbocycles. The molecule has 3 rings (SSSR count). The molecule has 0 spiro atoms. The van der Waals surface area contributed by atoms with Crippen molar-refractivity contribution in [1.29, 1.82) is 0 Å². The minimum absolute atomic E-state index is 0.649. The van der Waals surface area contributed by atoms with E-state index >= 15 is 0 Å². The molecule has 0 saturated heterocycles. The van der Waals surface area contributed by atoms with Gasteiger partial charge in [0, 0.05) is 18.2 Å². The molecular weight excluding hydrogens is 274 g/mol. The number of rotatable bonds is 5. The fraction of sp³-hybridized carbons (Fsp3) is 0.368. The average Bonchev–Trinajstić information content (AvgIpc) is 2.55. The van der Waals surface area contributed by atoms with E-state index in [9.17, 15) is 0 Å². The molecular formula is C19H23NO2. The highest BCUT2D eigenvalue weighted by Crippen LogP contribution is 2.37. The lowest BCUT2D eigenvalue weighted by atomic mass is 9.91. The van der Waals surface area contributed by atoms with Crippen molar-refractivity contribution in [2.45, 2.75) is 26.8 Å². The van der Waals surface area contributed by atoms with Crippen molar-refractivity contribution in [2.75, 3.05) is 19.8 Å². The number of ether oxygens (including phenoxy) is 2. The molecule has 3 nitrogen and oxygen atoms in total. The lowest BCUT2D eigenvalue weighted by molar-refractivity contribution is 0.324. The molecule has 0 aromatic heterocycles. The molecule has 1 aliphatic rings. The van der Waals surface area contributed by atoms with Gasteiger partial charge < -0.3 is 14.8 Å². The van der Waals surface area contributed by atoms with Crippen LogP contribution in [0.2, 0.25) is 0 Å². The van der Waals surface area contributed by atoms with Gasteiger partial charge in [-0.2, -0.15) is 0 Å². The summed E-state index contributed by atoms with van der Waals surface area (Å²) in [5.41, 5.74) is 5.23. The normalized spacial score (nSPS) is 13.5. The maximum atomic E-state index is 5.87. The third-order valence-electron chi connectivity index (χ3n) is 4.00. The first-order chi connectivity index (χ1) is 10.8. The second-order valence-electron chi connectivity index (χ2n) is 5.39. The molecule has 2 aromatic carbocycles. The summed E-state index contributed by atoms with van der Waals surface area (Å²) in [6.07, 6.45) is 1.09.